The summed E-state index contributed by atoms with van der Waals surface area (Å²) in [5, 5.41) is 13.9. The van der Waals surface area contributed by atoms with Crippen molar-refractivity contribution in [2.75, 3.05) is 0 Å². The van der Waals surface area contributed by atoms with Crippen LogP contribution in [0.25, 0.3) is 10.1 Å². The minimum absolute atomic E-state index is 0.510. The van der Waals surface area contributed by atoms with Gasteiger partial charge in [0, 0.05) is 11.1 Å². The highest BCUT2D eigenvalue weighted by Gasteiger charge is 2.40. The summed E-state index contributed by atoms with van der Waals surface area (Å²) in [7, 11) is 0. The van der Waals surface area contributed by atoms with Crippen molar-refractivity contribution in [3.8, 4) is 0 Å². The Labute approximate surface area is 99.7 Å². The zero-order valence-electron chi connectivity index (χ0n) is 9.44. The number of rotatable bonds is 3. The molecular formula is C14H16OS. The van der Waals surface area contributed by atoms with Crippen molar-refractivity contribution >= 4 is 21.4 Å². The van der Waals surface area contributed by atoms with Crippen LogP contribution in [0.3, 0.4) is 0 Å². The van der Waals surface area contributed by atoms with Gasteiger partial charge in [-0.15, -0.1) is 11.3 Å². The van der Waals surface area contributed by atoms with Gasteiger partial charge in [0.1, 0.15) is 0 Å². The molecule has 1 atom stereocenters. The summed E-state index contributed by atoms with van der Waals surface area (Å²) in [6, 6.07) is 8.45. The fourth-order valence-corrected chi connectivity index (χ4v) is 3.37. The van der Waals surface area contributed by atoms with Crippen LogP contribution in [-0.4, -0.2) is 10.7 Å². The third-order valence-corrected chi connectivity index (χ3v) is 4.58. The van der Waals surface area contributed by atoms with Gasteiger partial charge >= 0.3 is 0 Å². The van der Waals surface area contributed by atoms with Crippen LogP contribution in [-0.2, 0) is 6.42 Å². The number of hydrogen-bond donors (Lipinski definition) is 1. The van der Waals surface area contributed by atoms with Crippen LogP contribution in [0.15, 0.2) is 29.6 Å². The lowest BCUT2D eigenvalue weighted by molar-refractivity contribution is 0.0376. The second kappa shape index (κ2) is 3.57. The largest absolute Gasteiger partial charge is 0.390 e. The van der Waals surface area contributed by atoms with E-state index < -0.39 is 5.60 Å². The molecule has 1 fully saturated rings. The zero-order chi connectivity index (χ0) is 11.2. The summed E-state index contributed by atoms with van der Waals surface area (Å²) < 4.78 is 1.32. The van der Waals surface area contributed by atoms with Gasteiger partial charge in [-0.2, -0.15) is 0 Å². The molecule has 16 heavy (non-hydrogen) atoms. The first-order chi connectivity index (χ1) is 7.67. The first-order valence-electron chi connectivity index (χ1n) is 5.84. The smallest absolute Gasteiger partial charge is 0.0688 e. The Hall–Kier alpha value is -0.860. The molecule has 0 aliphatic heterocycles. The van der Waals surface area contributed by atoms with Gasteiger partial charge in [-0.1, -0.05) is 18.2 Å². The molecule has 0 radical (unpaired) electrons. The Balaban J connectivity index is 1.94. The third kappa shape index (κ3) is 1.76. The molecule has 0 saturated heterocycles. The number of aliphatic hydroxyl groups is 1. The Bertz CT molecular complexity index is 508. The zero-order valence-corrected chi connectivity index (χ0v) is 10.3. The van der Waals surface area contributed by atoms with Gasteiger partial charge in [-0.3, -0.25) is 0 Å². The topological polar surface area (TPSA) is 20.2 Å². The van der Waals surface area contributed by atoms with Crippen molar-refractivity contribution in [2.45, 2.75) is 31.8 Å². The first kappa shape index (κ1) is 10.3. The van der Waals surface area contributed by atoms with Crippen molar-refractivity contribution in [1.82, 2.24) is 0 Å². The lowest BCUT2D eigenvalue weighted by Crippen LogP contribution is -2.29. The van der Waals surface area contributed by atoms with E-state index in [1.54, 1.807) is 11.3 Å². The standard InChI is InChI=1S/C14H16OS/c1-14(15,11-6-7-11)8-10-9-16-13-5-3-2-4-12(10)13/h2-5,9,11,15H,6-8H2,1H3. The van der Waals surface area contributed by atoms with E-state index in [1.807, 2.05) is 6.92 Å². The summed E-state index contributed by atoms with van der Waals surface area (Å²) in [4.78, 5) is 0. The molecule has 0 amide bonds. The van der Waals surface area contributed by atoms with Crippen molar-refractivity contribution in [1.29, 1.82) is 0 Å². The molecule has 1 saturated carbocycles. The van der Waals surface area contributed by atoms with Crippen molar-refractivity contribution in [2.24, 2.45) is 5.92 Å². The van der Waals surface area contributed by atoms with Gasteiger partial charge in [0.15, 0.2) is 0 Å². The molecular weight excluding hydrogens is 216 g/mol. The van der Waals surface area contributed by atoms with E-state index in [0.717, 1.165) is 6.42 Å². The number of benzene rings is 1. The summed E-state index contributed by atoms with van der Waals surface area (Å²) in [5.41, 5.74) is 0.793. The molecule has 1 unspecified atom stereocenters. The van der Waals surface area contributed by atoms with E-state index in [9.17, 15) is 5.11 Å². The summed E-state index contributed by atoms with van der Waals surface area (Å²) >= 11 is 1.78. The van der Waals surface area contributed by atoms with Crippen LogP contribution >= 0.6 is 11.3 Å². The molecule has 1 aromatic carbocycles. The Morgan fingerprint density at radius 1 is 1.38 bits per heavy atom. The number of thiophene rings is 1. The fourth-order valence-electron chi connectivity index (χ4n) is 2.40. The van der Waals surface area contributed by atoms with Crippen LogP contribution in [0.1, 0.15) is 25.3 Å². The molecule has 2 aromatic rings. The number of hydrogen-bond acceptors (Lipinski definition) is 2. The normalized spacial score (nSPS) is 19.9. The van der Waals surface area contributed by atoms with E-state index >= 15 is 0 Å². The molecule has 1 N–H and O–H groups in total. The Morgan fingerprint density at radius 3 is 2.88 bits per heavy atom. The minimum atomic E-state index is -0.510. The van der Waals surface area contributed by atoms with Crippen molar-refractivity contribution < 1.29 is 5.11 Å². The van der Waals surface area contributed by atoms with Gasteiger partial charge in [0.25, 0.3) is 0 Å². The average molecular weight is 232 g/mol. The predicted octanol–water partition coefficient (Wildman–Crippen LogP) is 3.60. The maximum Gasteiger partial charge on any atom is 0.0688 e. The van der Waals surface area contributed by atoms with Crippen LogP contribution < -0.4 is 0 Å². The highest BCUT2D eigenvalue weighted by atomic mass is 32.1. The molecule has 1 heterocycles. The fraction of sp³-hybridized carbons (Fsp3) is 0.429. The molecule has 1 aliphatic carbocycles. The van der Waals surface area contributed by atoms with Gasteiger partial charge < -0.3 is 5.11 Å². The van der Waals surface area contributed by atoms with Crippen LogP contribution in [0.5, 0.6) is 0 Å². The Kier molecular flexibility index (Phi) is 2.30. The van der Waals surface area contributed by atoms with E-state index in [1.165, 1.54) is 28.5 Å². The monoisotopic (exact) mass is 232 g/mol. The van der Waals surface area contributed by atoms with Gasteiger partial charge in [-0.05, 0) is 48.1 Å². The number of fused-ring (bicyclic) bond motifs is 1. The highest BCUT2D eigenvalue weighted by Crippen LogP contribution is 2.42. The molecule has 1 aliphatic rings. The molecule has 0 spiro atoms. The SMILES string of the molecule is CC(O)(Cc1csc2ccccc12)C1CC1. The molecule has 1 nitrogen and oxygen atoms in total. The van der Waals surface area contributed by atoms with Gasteiger partial charge in [0.2, 0.25) is 0 Å². The van der Waals surface area contributed by atoms with Crippen molar-refractivity contribution in [3.63, 3.8) is 0 Å². The minimum Gasteiger partial charge on any atom is -0.390 e. The Morgan fingerprint density at radius 2 is 2.12 bits per heavy atom. The second-order valence-electron chi connectivity index (χ2n) is 5.07. The third-order valence-electron chi connectivity index (χ3n) is 3.57. The lowest BCUT2D eigenvalue weighted by Gasteiger charge is -2.22. The van der Waals surface area contributed by atoms with Crippen LogP contribution in [0.2, 0.25) is 0 Å². The maximum atomic E-state index is 10.4. The van der Waals surface area contributed by atoms with E-state index in [0.29, 0.717) is 5.92 Å². The van der Waals surface area contributed by atoms with Gasteiger partial charge in [-0.25, -0.2) is 0 Å². The molecule has 84 valence electrons. The van der Waals surface area contributed by atoms with E-state index in [-0.39, 0.29) is 0 Å². The molecule has 3 rings (SSSR count). The summed E-state index contributed by atoms with van der Waals surface area (Å²) in [6.07, 6.45) is 3.17. The van der Waals surface area contributed by atoms with Gasteiger partial charge in [0.05, 0.1) is 5.60 Å². The quantitative estimate of drug-likeness (QED) is 0.857. The predicted molar refractivity (Wildman–Crippen MR) is 68.9 cm³/mol. The highest BCUT2D eigenvalue weighted by molar-refractivity contribution is 7.17. The maximum absolute atomic E-state index is 10.4. The summed E-state index contributed by atoms with van der Waals surface area (Å²) in [6.45, 7) is 1.98. The first-order valence-corrected chi connectivity index (χ1v) is 6.72. The molecule has 0 bridgehead atoms. The summed E-state index contributed by atoms with van der Waals surface area (Å²) in [5.74, 6) is 0.520. The van der Waals surface area contributed by atoms with Crippen LogP contribution in [0, 0.1) is 5.92 Å². The second-order valence-corrected chi connectivity index (χ2v) is 5.98. The van der Waals surface area contributed by atoms with Crippen LogP contribution in [0.4, 0.5) is 0 Å². The van der Waals surface area contributed by atoms with E-state index in [2.05, 4.69) is 29.6 Å². The van der Waals surface area contributed by atoms with E-state index in [4.69, 9.17) is 0 Å². The average Bonchev–Trinajstić information content (AvgIpc) is 3.04. The van der Waals surface area contributed by atoms with Crippen molar-refractivity contribution in [3.05, 3.63) is 35.2 Å². The lowest BCUT2D eigenvalue weighted by atomic mass is 9.92. The molecule has 1 aromatic heterocycles. The molecule has 2 heteroatoms.